The van der Waals surface area contributed by atoms with Crippen LogP contribution < -0.4 is 5.11 Å². The molecule has 36 heavy (non-hydrogen) atoms. The van der Waals surface area contributed by atoms with Crippen molar-refractivity contribution in [3.63, 3.8) is 0 Å². The van der Waals surface area contributed by atoms with Gasteiger partial charge in [0, 0.05) is 0 Å². The smallest absolute Gasteiger partial charge is 0.154 e. The van der Waals surface area contributed by atoms with Crippen molar-refractivity contribution in [3.8, 4) is 0 Å². The van der Waals surface area contributed by atoms with E-state index in [4.69, 9.17) is 5.11 Å². The lowest BCUT2D eigenvalue weighted by atomic mass is 9.86. The molecule has 0 aromatic heterocycles. The molecule has 0 atom stereocenters. The number of quaternary nitrogens is 1. The molecule has 204 valence electrons. The minimum Gasteiger partial charge on any atom is -0.546 e. The Balaban J connectivity index is 0.000000662. The van der Waals surface area contributed by atoms with E-state index in [-0.39, 0.29) is 28.1 Å². The molecule has 0 radical (unpaired) electrons. The third kappa shape index (κ3) is 13.0. The number of hydrogen-bond acceptors (Lipinski definition) is 4. The molecule has 0 aliphatic rings. The van der Waals surface area contributed by atoms with Gasteiger partial charge in [-0.1, -0.05) is 119 Å². The summed E-state index contributed by atoms with van der Waals surface area (Å²) in [6.45, 7) is 4.68. The number of carboxylic acids is 1. The highest BCUT2D eigenvalue weighted by Gasteiger charge is 2.32. The third-order valence-electron chi connectivity index (χ3n) is 6.50. The second kappa shape index (κ2) is 19.4. The van der Waals surface area contributed by atoms with E-state index in [2.05, 4.69) is 21.0 Å². The molecule has 6 heteroatoms. The maximum atomic E-state index is 11.3. The molecule has 0 unspecified atom stereocenters. The van der Waals surface area contributed by atoms with Crippen molar-refractivity contribution in [2.45, 2.75) is 76.7 Å². The van der Waals surface area contributed by atoms with Gasteiger partial charge in [0.25, 0.3) is 0 Å². The van der Waals surface area contributed by atoms with Gasteiger partial charge < -0.3 is 24.6 Å². The summed E-state index contributed by atoms with van der Waals surface area (Å²) >= 11 is 0. The third-order valence-corrected chi connectivity index (χ3v) is 6.50. The van der Waals surface area contributed by atoms with E-state index in [1.54, 1.807) is 60.7 Å². The van der Waals surface area contributed by atoms with Crippen LogP contribution in [0.1, 0.15) is 82.3 Å². The normalized spacial score (nSPS) is 11.2. The van der Waals surface area contributed by atoms with Crippen LogP contribution in [-0.2, 0) is 10.4 Å². The van der Waals surface area contributed by atoms with Gasteiger partial charge in [-0.05, 0) is 24.0 Å². The van der Waals surface area contributed by atoms with Gasteiger partial charge in [0.1, 0.15) is 6.54 Å². The van der Waals surface area contributed by atoms with Gasteiger partial charge in [-0.3, -0.25) is 0 Å². The molecular weight excluding hydrogens is 518 g/mol. The molecular formula is C30H48BrNO4. The van der Waals surface area contributed by atoms with E-state index in [1.165, 1.54) is 70.8 Å². The van der Waals surface area contributed by atoms with Crippen LogP contribution in [0.25, 0.3) is 0 Å². The minimum atomic E-state index is -2.11. The lowest BCUT2D eigenvalue weighted by Crippen LogP contribution is -2.46. The number of aliphatic hydroxyl groups excluding tert-OH is 1. The number of carbonyl (C=O) groups excluding carboxylic acids is 1. The SMILES string of the molecule is Br.CCCCCCCCCCCC[N+](C)(C)CCO.O=C([O-])C(O)(c1ccccc1)c1ccccc1. The molecule has 2 N–H and O–H groups in total. The van der Waals surface area contributed by atoms with Gasteiger partial charge in [-0.25, -0.2) is 0 Å². The molecule has 0 saturated carbocycles. The van der Waals surface area contributed by atoms with Gasteiger partial charge in [-0.2, -0.15) is 0 Å². The van der Waals surface area contributed by atoms with E-state index in [1.807, 2.05) is 0 Å². The zero-order valence-corrected chi connectivity index (χ0v) is 24.2. The number of hydrogen-bond donors (Lipinski definition) is 2. The van der Waals surface area contributed by atoms with Crippen molar-refractivity contribution >= 4 is 23.0 Å². The molecule has 0 spiro atoms. The summed E-state index contributed by atoms with van der Waals surface area (Å²) in [7, 11) is 4.42. The Labute approximate surface area is 229 Å². The zero-order valence-electron chi connectivity index (χ0n) is 22.5. The first-order valence-corrected chi connectivity index (χ1v) is 13.3. The lowest BCUT2D eigenvalue weighted by molar-refractivity contribution is -0.890. The summed E-state index contributed by atoms with van der Waals surface area (Å²) in [5.74, 6) is -1.53. The maximum Gasteiger partial charge on any atom is 0.154 e. The molecule has 0 heterocycles. The monoisotopic (exact) mass is 565 g/mol. The predicted molar refractivity (Wildman–Crippen MR) is 152 cm³/mol. The fraction of sp³-hybridized carbons (Fsp3) is 0.567. The number of benzene rings is 2. The standard InChI is InChI=1S/C16H36NO.C14H12O3.BrH/c1-4-5-6-7-8-9-10-11-12-13-14-17(2,3)15-16-18;15-13(16)14(17,11-7-3-1-4-8-11)12-9-5-2-6-10-12;/h18H,4-16H2,1-3H3;1-10,17H,(H,15,16);1H/q+1;;/p-1. The largest absolute Gasteiger partial charge is 0.546 e. The van der Waals surface area contributed by atoms with Crippen molar-refractivity contribution in [3.05, 3.63) is 71.8 Å². The fourth-order valence-corrected chi connectivity index (χ4v) is 4.17. The summed E-state index contributed by atoms with van der Waals surface area (Å²) in [6, 6.07) is 16.4. The molecule has 2 aromatic carbocycles. The van der Waals surface area contributed by atoms with E-state index in [0.29, 0.717) is 6.61 Å². The molecule has 0 fully saturated rings. The van der Waals surface area contributed by atoms with Crippen LogP contribution in [0.5, 0.6) is 0 Å². The van der Waals surface area contributed by atoms with E-state index in [0.717, 1.165) is 11.0 Å². The van der Waals surface area contributed by atoms with Crippen molar-refractivity contribution < 1.29 is 24.6 Å². The van der Waals surface area contributed by atoms with E-state index < -0.39 is 11.6 Å². The van der Waals surface area contributed by atoms with Crippen LogP contribution in [0.3, 0.4) is 0 Å². The van der Waals surface area contributed by atoms with Crippen LogP contribution in [0.4, 0.5) is 0 Å². The number of carboxylic acid groups (broad SMARTS) is 1. The predicted octanol–water partition coefficient (Wildman–Crippen LogP) is 5.23. The first kappa shape index (κ1) is 34.3. The molecule has 0 aliphatic carbocycles. The molecule has 0 bridgehead atoms. The van der Waals surface area contributed by atoms with Crippen LogP contribution in [0, 0.1) is 0 Å². The maximum absolute atomic E-state index is 11.3. The van der Waals surface area contributed by atoms with E-state index in [9.17, 15) is 15.0 Å². The Morgan fingerprint density at radius 2 is 1.14 bits per heavy atom. The number of aliphatic carboxylic acids is 1. The lowest BCUT2D eigenvalue weighted by Gasteiger charge is -2.30. The number of aliphatic hydroxyl groups is 2. The Kier molecular flexibility index (Phi) is 18.5. The summed E-state index contributed by atoms with van der Waals surface area (Å²) in [4.78, 5) is 11.3. The minimum absolute atomic E-state index is 0. The molecule has 0 aliphatic heterocycles. The topological polar surface area (TPSA) is 80.6 Å². The van der Waals surface area contributed by atoms with Crippen LogP contribution >= 0.6 is 17.0 Å². The highest BCUT2D eigenvalue weighted by atomic mass is 79.9. The zero-order chi connectivity index (χ0) is 26.0. The quantitative estimate of drug-likeness (QED) is 0.216. The molecule has 5 nitrogen and oxygen atoms in total. The van der Waals surface area contributed by atoms with Crippen molar-refractivity contribution in [2.24, 2.45) is 0 Å². The van der Waals surface area contributed by atoms with E-state index >= 15 is 0 Å². The average Bonchev–Trinajstić information content (AvgIpc) is 2.86. The Hall–Kier alpha value is -1.73. The highest BCUT2D eigenvalue weighted by molar-refractivity contribution is 8.93. The fourth-order valence-electron chi connectivity index (χ4n) is 4.17. The first-order valence-electron chi connectivity index (χ1n) is 13.3. The average molecular weight is 567 g/mol. The van der Waals surface area contributed by atoms with Crippen LogP contribution in [-0.4, -0.2) is 54.5 Å². The van der Waals surface area contributed by atoms with Gasteiger partial charge in [0.15, 0.2) is 5.60 Å². The number of unbranched alkanes of at least 4 members (excludes halogenated alkanes) is 9. The summed E-state index contributed by atoms with van der Waals surface area (Å²) < 4.78 is 0.966. The number of nitrogens with zero attached hydrogens (tertiary/aromatic N) is 1. The number of halogens is 1. The van der Waals surface area contributed by atoms with Crippen LogP contribution in [0.15, 0.2) is 60.7 Å². The Morgan fingerprint density at radius 1 is 0.750 bits per heavy atom. The highest BCUT2D eigenvalue weighted by Crippen LogP contribution is 2.28. The molecule has 0 saturated heterocycles. The van der Waals surface area contributed by atoms with Crippen LogP contribution in [0.2, 0.25) is 0 Å². The molecule has 2 rings (SSSR count). The van der Waals surface area contributed by atoms with Crippen molar-refractivity contribution in [2.75, 3.05) is 33.8 Å². The van der Waals surface area contributed by atoms with Crippen molar-refractivity contribution in [1.29, 1.82) is 0 Å². The first-order chi connectivity index (χ1) is 16.8. The van der Waals surface area contributed by atoms with Gasteiger partial charge >= 0.3 is 0 Å². The van der Waals surface area contributed by atoms with Gasteiger partial charge in [0.2, 0.25) is 0 Å². The summed E-state index contributed by atoms with van der Waals surface area (Å²) in [5.41, 5.74) is -1.54. The van der Waals surface area contributed by atoms with Gasteiger partial charge in [0.05, 0.1) is 33.2 Å². The summed E-state index contributed by atoms with van der Waals surface area (Å²) in [5, 5.41) is 30.6. The molecule has 0 amide bonds. The second-order valence-electron chi connectivity index (χ2n) is 10.0. The Bertz CT molecular complexity index is 760. The van der Waals surface area contributed by atoms with Crippen molar-refractivity contribution in [1.82, 2.24) is 0 Å². The number of likely N-dealkylation sites (N-methyl/N-ethyl adjacent to an activating group) is 1. The Morgan fingerprint density at radius 3 is 1.50 bits per heavy atom. The second-order valence-corrected chi connectivity index (χ2v) is 10.0. The number of rotatable bonds is 16. The summed E-state index contributed by atoms with van der Waals surface area (Å²) in [6.07, 6.45) is 14.0. The van der Waals surface area contributed by atoms with Gasteiger partial charge in [-0.15, -0.1) is 17.0 Å². The number of carbonyl (C=O) groups is 1. The molecule has 2 aromatic rings.